The Kier molecular flexibility index (Phi) is 6.91. The summed E-state index contributed by atoms with van der Waals surface area (Å²) in [6.45, 7) is 5.07. The highest BCUT2D eigenvalue weighted by atomic mass is 16.7. The van der Waals surface area contributed by atoms with Crippen molar-refractivity contribution < 1.29 is 28.4 Å². The molecule has 0 aromatic heterocycles. The van der Waals surface area contributed by atoms with Gasteiger partial charge in [0.15, 0.2) is 6.29 Å². The van der Waals surface area contributed by atoms with Crippen LogP contribution in [-0.4, -0.2) is 70.9 Å². The average Bonchev–Trinajstić information content (AvgIpc) is 3.44. The zero-order valence-electron chi connectivity index (χ0n) is 13.2. The van der Waals surface area contributed by atoms with Crippen LogP contribution in [0.1, 0.15) is 32.1 Å². The molecule has 0 radical (unpaired) electrons. The summed E-state index contributed by atoms with van der Waals surface area (Å²) in [5, 5.41) is 0. The average molecular weight is 316 g/mol. The molecule has 3 fully saturated rings. The van der Waals surface area contributed by atoms with Gasteiger partial charge in [-0.25, -0.2) is 0 Å². The molecule has 22 heavy (non-hydrogen) atoms. The topological polar surface area (TPSA) is 62.0 Å². The second-order valence-electron chi connectivity index (χ2n) is 6.19. The van der Waals surface area contributed by atoms with Crippen molar-refractivity contribution in [3.63, 3.8) is 0 Å². The van der Waals surface area contributed by atoms with E-state index in [1.807, 2.05) is 0 Å². The fraction of sp³-hybridized carbons (Fsp3) is 1.00. The van der Waals surface area contributed by atoms with Crippen molar-refractivity contribution in [3.05, 3.63) is 0 Å². The Balaban J connectivity index is 1.30. The van der Waals surface area contributed by atoms with E-state index in [9.17, 15) is 0 Å². The van der Waals surface area contributed by atoms with Gasteiger partial charge in [0.2, 0.25) is 0 Å². The van der Waals surface area contributed by atoms with Crippen LogP contribution in [0.4, 0.5) is 0 Å². The minimum absolute atomic E-state index is 0.0663. The molecule has 6 nitrogen and oxygen atoms in total. The molecular formula is C16H28O6. The molecule has 3 unspecified atom stereocenters. The van der Waals surface area contributed by atoms with Crippen LogP contribution in [0.5, 0.6) is 0 Å². The second kappa shape index (κ2) is 9.15. The summed E-state index contributed by atoms with van der Waals surface area (Å²) in [6.07, 6.45) is 5.83. The largest absolute Gasteiger partial charge is 0.379 e. The van der Waals surface area contributed by atoms with Gasteiger partial charge in [-0.15, -0.1) is 0 Å². The lowest BCUT2D eigenvalue weighted by Crippen LogP contribution is -2.34. The lowest BCUT2D eigenvalue weighted by molar-refractivity contribution is -0.208. The highest BCUT2D eigenvalue weighted by molar-refractivity contribution is 4.69. The van der Waals surface area contributed by atoms with Gasteiger partial charge in [-0.1, -0.05) is 0 Å². The number of hydrogen-bond acceptors (Lipinski definition) is 6. The first-order valence-electron chi connectivity index (χ1n) is 8.56. The Labute approximate surface area is 132 Å². The summed E-state index contributed by atoms with van der Waals surface area (Å²) in [5.41, 5.74) is 0. The fourth-order valence-electron chi connectivity index (χ4n) is 2.49. The lowest BCUT2D eigenvalue weighted by Gasteiger charge is -2.27. The van der Waals surface area contributed by atoms with Crippen molar-refractivity contribution in [1.29, 1.82) is 0 Å². The molecule has 128 valence electrons. The predicted octanol–water partition coefficient (Wildman–Crippen LogP) is 1.51. The van der Waals surface area contributed by atoms with Crippen molar-refractivity contribution in [1.82, 2.24) is 0 Å². The molecule has 0 aromatic carbocycles. The maximum Gasteiger partial charge on any atom is 0.158 e. The van der Waals surface area contributed by atoms with E-state index >= 15 is 0 Å². The highest BCUT2D eigenvalue weighted by Crippen LogP contribution is 2.17. The van der Waals surface area contributed by atoms with Crippen LogP contribution in [0.2, 0.25) is 0 Å². The first kappa shape index (κ1) is 16.6. The van der Waals surface area contributed by atoms with E-state index in [0.29, 0.717) is 38.6 Å². The zero-order valence-corrected chi connectivity index (χ0v) is 13.2. The lowest BCUT2D eigenvalue weighted by atomic mass is 10.2. The normalized spacial score (nSPS) is 31.9. The second-order valence-corrected chi connectivity index (χ2v) is 6.19. The molecule has 0 spiro atoms. The maximum absolute atomic E-state index is 6.00. The molecule has 0 bridgehead atoms. The van der Waals surface area contributed by atoms with E-state index in [1.165, 1.54) is 0 Å². The number of ether oxygens (including phenoxy) is 6. The first-order chi connectivity index (χ1) is 10.9. The molecule has 3 aliphatic rings. The van der Waals surface area contributed by atoms with Gasteiger partial charge in [0.05, 0.1) is 38.6 Å². The van der Waals surface area contributed by atoms with Crippen LogP contribution in [0.25, 0.3) is 0 Å². The standard InChI is InChI=1S/C16H28O6/c1-2-6-19-16(3-1)22-15(9-17-7-4-13-11-20-13)10-18-8-5-14-12-21-14/h13-16H,1-12H2. The quantitative estimate of drug-likeness (QED) is 0.402. The van der Waals surface area contributed by atoms with E-state index in [0.717, 1.165) is 51.9 Å². The molecule has 0 saturated carbocycles. The van der Waals surface area contributed by atoms with E-state index in [1.54, 1.807) is 0 Å². The Morgan fingerprint density at radius 3 is 2.00 bits per heavy atom. The monoisotopic (exact) mass is 316 g/mol. The highest BCUT2D eigenvalue weighted by Gasteiger charge is 2.24. The van der Waals surface area contributed by atoms with Gasteiger partial charge in [-0.05, 0) is 32.1 Å². The van der Waals surface area contributed by atoms with Crippen molar-refractivity contribution in [3.8, 4) is 0 Å². The number of epoxide rings is 2. The maximum atomic E-state index is 6.00. The predicted molar refractivity (Wildman–Crippen MR) is 78.8 cm³/mol. The Morgan fingerprint density at radius 1 is 0.864 bits per heavy atom. The van der Waals surface area contributed by atoms with Crippen LogP contribution < -0.4 is 0 Å². The molecule has 0 amide bonds. The van der Waals surface area contributed by atoms with Gasteiger partial charge in [-0.2, -0.15) is 0 Å². The van der Waals surface area contributed by atoms with Crippen LogP contribution in [0.3, 0.4) is 0 Å². The van der Waals surface area contributed by atoms with Crippen molar-refractivity contribution >= 4 is 0 Å². The van der Waals surface area contributed by atoms with E-state index in [4.69, 9.17) is 28.4 Å². The summed E-state index contributed by atoms with van der Waals surface area (Å²) < 4.78 is 33.4. The molecule has 6 heteroatoms. The van der Waals surface area contributed by atoms with Gasteiger partial charge in [0.25, 0.3) is 0 Å². The SMILES string of the molecule is C1CCC(OC(COCCC2CO2)COCCC2CO2)OC1. The van der Waals surface area contributed by atoms with Crippen molar-refractivity contribution in [2.24, 2.45) is 0 Å². The van der Waals surface area contributed by atoms with E-state index < -0.39 is 0 Å². The minimum atomic E-state index is -0.107. The summed E-state index contributed by atoms with van der Waals surface area (Å²) >= 11 is 0. The Hall–Kier alpha value is -0.240. The molecule has 0 aromatic rings. The summed E-state index contributed by atoms with van der Waals surface area (Å²) in [6, 6.07) is 0. The van der Waals surface area contributed by atoms with Crippen molar-refractivity contribution in [2.75, 3.05) is 46.2 Å². The number of rotatable bonds is 12. The molecule has 0 N–H and O–H groups in total. The third-order valence-electron chi connectivity index (χ3n) is 4.06. The molecule has 3 aliphatic heterocycles. The van der Waals surface area contributed by atoms with E-state index in [-0.39, 0.29) is 12.4 Å². The molecule has 3 saturated heterocycles. The Morgan fingerprint density at radius 2 is 1.50 bits per heavy atom. The zero-order chi connectivity index (χ0) is 15.0. The molecule has 0 aliphatic carbocycles. The van der Waals surface area contributed by atoms with Crippen LogP contribution in [0.15, 0.2) is 0 Å². The number of hydrogen-bond donors (Lipinski definition) is 0. The Bertz CT molecular complexity index is 279. The van der Waals surface area contributed by atoms with Gasteiger partial charge in [-0.3, -0.25) is 0 Å². The summed E-state index contributed by atoms with van der Waals surface area (Å²) in [7, 11) is 0. The fourth-order valence-corrected chi connectivity index (χ4v) is 2.49. The molecular weight excluding hydrogens is 288 g/mol. The van der Waals surface area contributed by atoms with Crippen LogP contribution in [-0.2, 0) is 28.4 Å². The van der Waals surface area contributed by atoms with Crippen LogP contribution >= 0.6 is 0 Å². The third kappa shape index (κ3) is 6.89. The third-order valence-corrected chi connectivity index (χ3v) is 4.06. The first-order valence-corrected chi connectivity index (χ1v) is 8.56. The summed E-state index contributed by atoms with van der Waals surface area (Å²) in [4.78, 5) is 0. The van der Waals surface area contributed by atoms with Gasteiger partial charge in [0, 0.05) is 19.8 Å². The van der Waals surface area contributed by atoms with Gasteiger partial charge >= 0.3 is 0 Å². The van der Waals surface area contributed by atoms with Crippen LogP contribution in [0, 0.1) is 0 Å². The molecule has 3 atom stereocenters. The van der Waals surface area contributed by atoms with Gasteiger partial charge < -0.3 is 28.4 Å². The minimum Gasteiger partial charge on any atom is -0.379 e. The summed E-state index contributed by atoms with van der Waals surface area (Å²) in [5.74, 6) is 0. The smallest absolute Gasteiger partial charge is 0.158 e. The van der Waals surface area contributed by atoms with E-state index in [2.05, 4.69) is 0 Å². The molecule has 3 heterocycles. The van der Waals surface area contributed by atoms with Gasteiger partial charge in [0.1, 0.15) is 6.10 Å². The van der Waals surface area contributed by atoms with Crippen molar-refractivity contribution in [2.45, 2.75) is 56.7 Å². The molecule has 3 rings (SSSR count).